The summed E-state index contributed by atoms with van der Waals surface area (Å²) < 4.78 is 0. The van der Waals surface area contributed by atoms with E-state index < -0.39 is 0 Å². The number of nitrogens with zero attached hydrogens (tertiary/aromatic N) is 1. The second-order valence-electron chi connectivity index (χ2n) is 3.73. The van der Waals surface area contributed by atoms with Gasteiger partial charge in [-0.2, -0.15) is 0 Å². The van der Waals surface area contributed by atoms with Crippen LogP contribution in [0.3, 0.4) is 0 Å². The summed E-state index contributed by atoms with van der Waals surface area (Å²) in [6, 6.07) is 0. The summed E-state index contributed by atoms with van der Waals surface area (Å²) in [5.41, 5.74) is 0.273. The molecule has 0 saturated carbocycles. The van der Waals surface area contributed by atoms with Crippen molar-refractivity contribution in [1.82, 2.24) is 10.2 Å². The molecule has 1 rings (SSSR count). The van der Waals surface area contributed by atoms with Crippen LogP contribution in [0.5, 0.6) is 0 Å². The molecule has 0 aromatic carbocycles. The average molecular weight is 182 g/mol. The number of nitrogens with one attached hydrogen (secondary N) is 1. The van der Waals surface area contributed by atoms with Crippen molar-refractivity contribution >= 4 is 0 Å². The number of piperidine rings is 1. The zero-order chi connectivity index (χ0) is 9.73. The summed E-state index contributed by atoms with van der Waals surface area (Å²) in [7, 11) is 0. The Balaban J connectivity index is 2.70. The van der Waals surface area contributed by atoms with Crippen molar-refractivity contribution in [2.75, 3.05) is 26.2 Å². The van der Waals surface area contributed by atoms with Gasteiger partial charge in [0.2, 0.25) is 0 Å². The summed E-state index contributed by atoms with van der Waals surface area (Å²) in [4.78, 5) is 2.53. The molecule has 0 radical (unpaired) electrons. The topological polar surface area (TPSA) is 15.3 Å². The lowest BCUT2D eigenvalue weighted by atomic mass is 9.86. The first-order valence-electron chi connectivity index (χ1n) is 5.38. The quantitative estimate of drug-likeness (QED) is 0.665. The predicted octanol–water partition coefficient (Wildman–Crippen LogP) is 1.64. The molecule has 1 saturated heterocycles. The maximum Gasteiger partial charge on any atom is 0.0412 e. The van der Waals surface area contributed by atoms with E-state index in [1.54, 1.807) is 0 Å². The van der Waals surface area contributed by atoms with Crippen LogP contribution in [-0.2, 0) is 0 Å². The van der Waals surface area contributed by atoms with Gasteiger partial charge in [-0.1, -0.05) is 19.9 Å². The summed E-state index contributed by atoms with van der Waals surface area (Å²) in [5.74, 6) is 0. The second kappa shape index (κ2) is 4.77. The van der Waals surface area contributed by atoms with Gasteiger partial charge in [0, 0.05) is 5.54 Å². The van der Waals surface area contributed by atoms with E-state index in [1.807, 2.05) is 0 Å². The molecule has 76 valence electrons. The van der Waals surface area contributed by atoms with Crippen LogP contribution in [0.15, 0.2) is 12.7 Å². The van der Waals surface area contributed by atoms with Crippen molar-refractivity contribution < 1.29 is 0 Å². The maximum atomic E-state index is 4.00. The highest BCUT2D eigenvalue weighted by Gasteiger charge is 2.33. The Bertz CT molecular complexity index is 155. The van der Waals surface area contributed by atoms with Crippen LogP contribution in [0.4, 0.5) is 0 Å². The van der Waals surface area contributed by atoms with E-state index in [2.05, 4.69) is 36.7 Å². The molecule has 1 N–H and O–H groups in total. The van der Waals surface area contributed by atoms with Crippen LogP contribution in [0.25, 0.3) is 0 Å². The minimum Gasteiger partial charge on any atom is -0.317 e. The van der Waals surface area contributed by atoms with Gasteiger partial charge in [0.15, 0.2) is 0 Å². The number of hydrogen-bond donors (Lipinski definition) is 1. The first-order valence-corrected chi connectivity index (χ1v) is 5.38. The molecule has 2 heteroatoms. The maximum absolute atomic E-state index is 4.00. The van der Waals surface area contributed by atoms with E-state index >= 15 is 0 Å². The van der Waals surface area contributed by atoms with Crippen molar-refractivity contribution in [3.63, 3.8) is 0 Å². The predicted molar refractivity (Wildman–Crippen MR) is 58.0 cm³/mol. The first kappa shape index (κ1) is 10.7. The molecule has 0 bridgehead atoms. The molecule has 1 aliphatic rings. The van der Waals surface area contributed by atoms with Gasteiger partial charge in [-0.15, -0.1) is 6.58 Å². The standard InChI is InChI=1S/C11H22N2/c1-4-11(13(5-2)6-3)7-9-12-10-8-11/h4,12H,1,5-10H2,2-3H3. The van der Waals surface area contributed by atoms with Crippen LogP contribution in [0, 0.1) is 0 Å². The van der Waals surface area contributed by atoms with Crippen LogP contribution in [0.1, 0.15) is 26.7 Å². The highest BCUT2D eigenvalue weighted by atomic mass is 15.2. The zero-order valence-corrected chi connectivity index (χ0v) is 8.97. The first-order chi connectivity index (χ1) is 6.29. The highest BCUT2D eigenvalue weighted by Crippen LogP contribution is 2.26. The van der Waals surface area contributed by atoms with Gasteiger partial charge < -0.3 is 5.32 Å². The minimum absolute atomic E-state index is 0.273. The lowest BCUT2D eigenvalue weighted by Gasteiger charge is -2.44. The van der Waals surface area contributed by atoms with Crippen LogP contribution in [-0.4, -0.2) is 36.6 Å². The molecule has 1 heterocycles. The third-order valence-corrected chi connectivity index (χ3v) is 3.24. The Morgan fingerprint density at radius 1 is 1.31 bits per heavy atom. The smallest absolute Gasteiger partial charge is 0.0412 e. The third-order valence-electron chi connectivity index (χ3n) is 3.24. The minimum atomic E-state index is 0.273. The van der Waals surface area contributed by atoms with Crippen LogP contribution in [0.2, 0.25) is 0 Å². The normalized spacial score (nSPS) is 21.8. The Morgan fingerprint density at radius 2 is 1.85 bits per heavy atom. The fourth-order valence-electron chi connectivity index (χ4n) is 2.36. The highest BCUT2D eigenvalue weighted by molar-refractivity contribution is 5.06. The van der Waals surface area contributed by atoms with Crippen LogP contribution < -0.4 is 5.32 Å². The van der Waals surface area contributed by atoms with E-state index in [0.717, 1.165) is 26.2 Å². The van der Waals surface area contributed by atoms with Gasteiger partial charge in [-0.25, -0.2) is 0 Å². The molecule has 0 unspecified atom stereocenters. The van der Waals surface area contributed by atoms with E-state index in [0.29, 0.717) is 0 Å². The van der Waals surface area contributed by atoms with E-state index in [4.69, 9.17) is 0 Å². The lowest BCUT2D eigenvalue weighted by molar-refractivity contribution is 0.110. The van der Waals surface area contributed by atoms with Gasteiger partial charge in [-0.05, 0) is 39.0 Å². The molecule has 0 atom stereocenters. The van der Waals surface area contributed by atoms with Crippen molar-refractivity contribution in [3.05, 3.63) is 12.7 Å². The van der Waals surface area contributed by atoms with Gasteiger partial charge in [0.1, 0.15) is 0 Å². The fourth-order valence-corrected chi connectivity index (χ4v) is 2.36. The molecule has 0 spiro atoms. The third kappa shape index (κ3) is 2.12. The molecule has 1 aliphatic heterocycles. The van der Waals surface area contributed by atoms with Gasteiger partial charge in [0.25, 0.3) is 0 Å². The van der Waals surface area contributed by atoms with Crippen molar-refractivity contribution in [1.29, 1.82) is 0 Å². The second-order valence-corrected chi connectivity index (χ2v) is 3.73. The molecule has 2 nitrogen and oxygen atoms in total. The Kier molecular flexibility index (Phi) is 3.94. The Morgan fingerprint density at radius 3 is 2.23 bits per heavy atom. The monoisotopic (exact) mass is 182 g/mol. The number of likely N-dealkylation sites (N-methyl/N-ethyl adjacent to an activating group) is 1. The van der Waals surface area contributed by atoms with Crippen molar-refractivity contribution in [2.45, 2.75) is 32.2 Å². The molecule has 0 aromatic heterocycles. The zero-order valence-electron chi connectivity index (χ0n) is 8.97. The summed E-state index contributed by atoms with van der Waals surface area (Å²) >= 11 is 0. The average Bonchev–Trinajstić information content (AvgIpc) is 2.21. The number of rotatable bonds is 4. The molecule has 0 amide bonds. The Hall–Kier alpha value is -0.340. The largest absolute Gasteiger partial charge is 0.317 e. The van der Waals surface area contributed by atoms with E-state index in [-0.39, 0.29) is 5.54 Å². The molecular formula is C11H22N2. The lowest BCUT2D eigenvalue weighted by Crippen LogP contribution is -2.53. The molecule has 1 fully saturated rings. The van der Waals surface area contributed by atoms with Gasteiger partial charge in [-0.3, -0.25) is 4.90 Å². The van der Waals surface area contributed by atoms with Gasteiger partial charge in [0.05, 0.1) is 0 Å². The van der Waals surface area contributed by atoms with Crippen molar-refractivity contribution in [2.24, 2.45) is 0 Å². The molecular weight excluding hydrogens is 160 g/mol. The number of hydrogen-bond acceptors (Lipinski definition) is 2. The van der Waals surface area contributed by atoms with Gasteiger partial charge >= 0.3 is 0 Å². The van der Waals surface area contributed by atoms with Crippen molar-refractivity contribution in [3.8, 4) is 0 Å². The summed E-state index contributed by atoms with van der Waals surface area (Å²) in [6.07, 6.45) is 4.57. The van der Waals surface area contributed by atoms with Crippen LogP contribution >= 0.6 is 0 Å². The Labute approximate surface area is 82.0 Å². The summed E-state index contributed by atoms with van der Waals surface area (Å²) in [5, 5.41) is 3.40. The SMILES string of the molecule is C=CC1(N(CC)CC)CCNCC1. The molecule has 0 aromatic rings. The summed E-state index contributed by atoms with van der Waals surface area (Å²) in [6.45, 7) is 13.0. The van der Waals surface area contributed by atoms with E-state index in [1.165, 1.54) is 12.8 Å². The molecule has 0 aliphatic carbocycles. The van der Waals surface area contributed by atoms with E-state index in [9.17, 15) is 0 Å². The molecule has 13 heavy (non-hydrogen) atoms. The fraction of sp³-hybridized carbons (Fsp3) is 0.818.